The van der Waals surface area contributed by atoms with E-state index in [1.807, 2.05) is 28.0 Å². The van der Waals surface area contributed by atoms with Crippen LogP contribution in [0.4, 0.5) is 0 Å². The first-order valence-corrected chi connectivity index (χ1v) is 9.18. The Balaban J connectivity index is 2.03. The first-order chi connectivity index (χ1) is 12.8. The van der Waals surface area contributed by atoms with Gasteiger partial charge in [-0.25, -0.2) is 4.99 Å². The highest BCUT2D eigenvalue weighted by Crippen LogP contribution is 2.42. The number of hydrogen-bond acceptors (Lipinski definition) is 2. The fourth-order valence-electron chi connectivity index (χ4n) is 3.68. The van der Waals surface area contributed by atoms with Crippen molar-refractivity contribution >= 4 is 65.5 Å². The van der Waals surface area contributed by atoms with Gasteiger partial charge in [0, 0.05) is 37.2 Å². The molecule has 0 aliphatic carbocycles. The van der Waals surface area contributed by atoms with Gasteiger partial charge in [0.15, 0.2) is 0 Å². The summed E-state index contributed by atoms with van der Waals surface area (Å²) >= 11 is 1.81. The summed E-state index contributed by atoms with van der Waals surface area (Å²) in [6.07, 6.45) is 3.15. The van der Waals surface area contributed by atoms with Crippen LogP contribution in [0.5, 0.6) is 0 Å². The fraction of sp³-hybridized carbons (Fsp3) is 0. The number of fused-ring (bicyclic) bond motifs is 7. The molecule has 0 atom stereocenters. The number of nitrogens with zero attached hydrogens (tertiary/aromatic N) is 2. The minimum absolute atomic E-state index is 0.190. The Morgan fingerprint density at radius 3 is 2.50 bits per heavy atom. The summed E-state index contributed by atoms with van der Waals surface area (Å²) < 4.78 is 4.46. The summed E-state index contributed by atoms with van der Waals surface area (Å²) in [6.45, 7) is 3.65. The molecule has 5 aromatic rings. The highest BCUT2D eigenvalue weighted by atomic mass is 32.1. The first kappa shape index (κ1) is 15.0. The molecule has 0 aliphatic heterocycles. The third-order valence-electron chi connectivity index (χ3n) is 4.69. The molecule has 124 valence electrons. The second-order valence-corrected chi connectivity index (χ2v) is 7.20. The van der Waals surface area contributed by atoms with Gasteiger partial charge in [0.2, 0.25) is 5.96 Å². The number of benzene rings is 3. The van der Waals surface area contributed by atoms with Crippen molar-refractivity contribution in [2.75, 3.05) is 0 Å². The number of para-hydroxylation sites is 1. The Bertz CT molecular complexity index is 1370. The summed E-state index contributed by atoms with van der Waals surface area (Å²) in [5.41, 5.74) is 2.00. The van der Waals surface area contributed by atoms with Crippen molar-refractivity contribution in [3.05, 3.63) is 73.3 Å². The van der Waals surface area contributed by atoms with Crippen molar-refractivity contribution in [1.29, 1.82) is 5.41 Å². The third kappa shape index (κ3) is 1.99. The average Bonchev–Trinajstić information content (AvgIpc) is 3.21. The van der Waals surface area contributed by atoms with Crippen LogP contribution in [0, 0.1) is 5.41 Å². The molecule has 0 fully saturated rings. The van der Waals surface area contributed by atoms with Gasteiger partial charge in [0.05, 0.1) is 11.0 Å². The molecule has 4 heteroatoms. The number of thiophene rings is 1. The molecule has 0 amide bonds. The minimum atomic E-state index is 0.190. The molecule has 0 radical (unpaired) electrons. The monoisotopic (exact) mass is 353 g/mol. The smallest absolute Gasteiger partial charge is 0.227 e. The predicted octanol–water partition coefficient (Wildman–Crippen LogP) is 6.20. The standard InChI is InChI=1S/C22H15N3S/c1-2-13-24-22(23)25-16-9-5-3-7-14(16)20-17(25)11-12-19-21(20)15-8-4-6-10-18(15)26-19/h2-13,23H,1H2. The maximum Gasteiger partial charge on any atom is 0.227 e. The second-order valence-electron chi connectivity index (χ2n) is 6.12. The van der Waals surface area contributed by atoms with Crippen LogP contribution >= 0.6 is 11.3 Å². The topological polar surface area (TPSA) is 41.1 Å². The van der Waals surface area contributed by atoms with E-state index in [0.29, 0.717) is 0 Å². The van der Waals surface area contributed by atoms with Crippen LogP contribution in [0.1, 0.15) is 0 Å². The van der Waals surface area contributed by atoms with Crippen molar-refractivity contribution in [3.8, 4) is 0 Å². The molecule has 0 spiro atoms. The molecule has 1 N–H and O–H groups in total. The van der Waals surface area contributed by atoms with E-state index in [9.17, 15) is 0 Å². The maximum absolute atomic E-state index is 8.47. The van der Waals surface area contributed by atoms with Gasteiger partial charge >= 0.3 is 0 Å². The molecule has 3 aromatic carbocycles. The van der Waals surface area contributed by atoms with Crippen LogP contribution in [-0.4, -0.2) is 16.7 Å². The van der Waals surface area contributed by atoms with E-state index < -0.39 is 0 Å². The van der Waals surface area contributed by atoms with Gasteiger partial charge in [-0.3, -0.25) is 9.98 Å². The summed E-state index contributed by atoms with van der Waals surface area (Å²) in [6, 6.07) is 21.0. The number of allylic oxidation sites excluding steroid dienone is 1. The van der Waals surface area contributed by atoms with Crippen molar-refractivity contribution in [2.24, 2.45) is 4.99 Å². The molecule has 3 nitrogen and oxygen atoms in total. The zero-order valence-corrected chi connectivity index (χ0v) is 14.8. The Kier molecular flexibility index (Phi) is 3.27. The van der Waals surface area contributed by atoms with Gasteiger partial charge < -0.3 is 0 Å². The molecule has 2 heterocycles. The molecule has 26 heavy (non-hydrogen) atoms. The number of aromatic nitrogens is 1. The van der Waals surface area contributed by atoms with E-state index in [-0.39, 0.29) is 5.96 Å². The van der Waals surface area contributed by atoms with Gasteiger partial charge in [-0.15, -0.1) is 11.3 Å². The first-order valence-electron chi connectivity index (χ1n) is 8.37. The van der Waals surface area contributed by atoms with Crippen LogP contribution in [0.15, 0.2) is 78.3 Å². The van der Waals surface area contributed by atoms with E-state index in [1.165, 1.54) is 25.6 Å². The van der Waals surface area contributed by atoms with Gasteiger partial charge in [-0.2, -0.15) is 0 Å². The summed E-state index contributed by atoms with van der Waals surface area (Å²) in [5, 5.41) is 13.3. The van der Waals surface area contributed by atoms with Crippen LogP contribution in [-0.2, 0) is 0 Å². The number of hydrogen-bond donors (Lipinski definition) is 1. The lowest BCUT2D eigenvalue weighted by molar-refractivity contribution is 1.19. The van der Waals surface area contributed by atoms with Crippen molar-refractivity contribution < 1.29 is 0 Å². The van der Waals surface area contributed by atoms with Crippen molar-refractivity contribution in [3.63, 3.8) is 0 Å². The largest absolute Gasteiger partial charge is 0.278 e. The van der Waals surface area contributed by atoms with Gasteiger partial charge in [0.1, 0.15) is 0 Å². The number of aliphatic imine (C=N–C) groups is 1. The highest BCUT2D eigenvalue weighted by Gasteiger charge is 2.17. The van der Waals surface area contributed by atoms with E-state index in [0.717, 1.165) is 16.4 Å². The van der Waals surface area contributed by atoms with Crippen molar-refractivity contribution in [1.82, 2.24) is 4.57 Å². The SMILES string of the molecule is C=CC=NC(=N)n1c2ccccc2c2c3c(ccc21)sc1ccccc13. The van der Waals surface area contributed by atoms with E-state index in [1.54, 1.807) is 12.3 Å². The van der Waals surface area contributed by atoms with Gasteiger partial charge in [-0.1, -0.05) is 49.1 Å². The Morgan fingerprint density at radius 1 is 0.885 bits per heavy atom. The molecule has 0 saturated carbocycles. The zero-order chi connectivity index (χ0) is 17.7. The van der Waals surface area contributed by atoms with Crippen LogP contribution in [0.2, 0.25) is 0 Å². The summed E-state index contributed by atoms with van der Waals surface area (Å²) in [7, 11) is 0. The molecule has 0 bridgehead atoms. The Hall–Kier alpha value is -3.24. The lowest BCUT2D eigenvalue weighted by Gasteiger charge is -2.04. The van der Waals surface area contributed by atoms with Crippen molar-refractivity contribution in [2.45, 2.75) is 0 Å². The number of rotatable bonds is 1. The van der Waals surface area contributed by atoms with Crippen LogP contribution < -0.4 is 0 Å². The summed E-state index contributed by atoms with van der Waals surface area (Å²) in [5.74, 6) is 0.190. The fourth-order valence-corrected chi connectivity index (χ4v) is 4.80. The van der Waals surface area contributed by atoms with E-state index in [2.05, 4.69) is 60.1 Å². The maximum atomic E-state index is 8.47. The van der Waals surface area contributed by atoms with Gasteiger partial charge in [-0.05, 0) is 24.3 Å². The average molecular weight is 353 g/mol. The van der Waals surface area contributed by atoms with E-state index in [4.69, 9.17) is 5.41 Å². The third-order valence-corrected chi connectivity index (χ3v) is 5.83. The quantitative estimate of drug-likeness (QED) is 0.275. The van der Waals surface area contributed by atoms with Crippen LogP contribution in [0.3, 0.4) is 0 Å². The second kappa shape index (κ2) is 5.64. The minimum Gasteiger partial charge on any atom is -0.278 e. The molecule has 2 aromatic heterocycles. The molecular formula is C22H15N3S. The summed E-state index contributed by atoms with van der Waals surface area (Å²) in [4.78, 5) is 4.22. The molecule has 0 unspecified atom stereocenters. The normalized spacial score (nSPS) is 12.0. The molecule has 5 rings (SSSR count). The Morgan fingerprint density at radius 2 is 1.65 bits per heavy atom. The molecular weight excluding hydrogens is 338 g/mol. The molecule has 0 aliphatic rings. The lowest BCUT2D eigenvalue weighted by atomic mass is 10.1. The van der Waals surface area contributed by atoms with E-state index >= 15 is 0 Å². The van der Waals surface area contributed by atoms with Gasteiger partial charge in [0.25, 0.3) is 0 Å². The molecule has 0 saturated heterocycles. The lowest BCUT2D eigenvalue weighted by Crippen LogP contribution is -2.07. The zero-order valence-electron chi connectivity index (χ0n) is 13.9. The highest BCUT2D eigenvalue weighted by molar-refractivity contribution is 7.26. The predicted molar refractivity (Wildman–Crippen MR) is 114 cm³/mol. The number of nitrogens with one attached hydrogen (secondary N) is 1. The van der Waals surface area contributed by atoms with Crippen LogP contribution in [0.25, 0.3) is 42.0 Å². The Labute approximate surface area is 154 Å².